The van der Waals surface area contributed by atoms with Gasteiger partial charge >= 0.3 is 0 Å². The minimum Gasteiger partial charge on any atom is -0.269 e. The molecule has 110 valence electrons. The van der Waals surface area contributed by atoms with Gasteiger partial charge in [0.05, 0.1) is 6.61 Å². The Balaban J connectivity index is 1.89. The van der Waals surface area contributed by atoms with E-state index in [9.17, 15) is 4.79 Å². The molecule has 2 rings (SSSR count). The van der Waals surface area contributed by atoms with Crippen molar-refractivity contribution in [1.29, 1.82) is 0 Å². The second kappa shape index (κ2) is 6.55. The van der Waals surface area contributed by atoms with E-state index in [-0.39, 0.29) is 11.3 Å². The Kier molecular flexibility index (Phi) is 4.76. The van der Waals surface area contributed by atoms with Crippen LogP contribution in [0.2, 0.25) is 0 Å². The predicted molar refractivity (Wildman–Crippen MR) is 83.8 cm³/mol. The fraction of sp³-hybridized carbons (Fsp3) is 0.278. The number of carbonyl (C=O) groups is 1. The average Bonchev–Trinajstić information content (AvgIpc) is 2.47. The highest BCUT2D eigenvalue weighted by atomic mass is 16.6. The zero-order valence-electron chi connectivity index (χ0n) is 12.7. The average molecular weight is 283 g/mol. The van der Waals surface area contributed by atoms with E-state index in [2.05, 4.69) is 26.3 Å². The summed E-state index contributed by atoms with van der Waals surface area (Å²) in [6.45, 7) is 6.79. The van der Waals surface area contributed by atoms with E-state index in [4.69, 9.17) is 4.84 Å². The molecule has 0 aliphatic rings. The number of amides is 1. The van der Waals surface area contributed by atoms with Crippen LogP contribution in [-0.4, -0.2) is 5.91 Å². The second-order valence-electron chi connectivity index (χ2n) is 6.03. The van der Waals surface area contributed by atoms with Crippen LogP contribution in [0.3, 0.4) is 0 Å². The van der Waals surface area contributed by atoms with Crippen LogP contribution in [-0.2, 0) is 16.9 Å². The van der Waals surface area contributed by atoms with Gasteiger partial charge < -0.3 is 0 Å². The molecule has 3 nitrogen and oxygen atoms in total. The summed E-state index contributed by atoms with van der Waals surface area (Å²) in [4.78, 5) is 17.2. The minimum atomic E-state index is -0.230. The lowest BCUT2D eigenvalue weighted by Gasteiger charge is -2.19. The van der Waals surface area contributed by atoms with Crippen molar-refractivity contribution in [3.63, 3.8) is 0 Å². The second-order valence-corrected chi connectivity index (χ2v) is 6.03. The fourth-order valence-electron chi connectivity index (χ4n) is 1.94. The molecule has 0 saturated heterocycles. The fourth-order valence-corrected chi connectivity index (χ4v) is 1.94. The van der Waals surface area contributed by atoms with E-state index in [0.717, 1.165) is 5.56 Å². The summed E-state index contributed by atoms with van der Waals surface area (Å²) in [6, 6.07) is 17.3. The van der Waals surface area contributed by atoms with Gasteiger partial charge in [0.25, 0.3) is 5.91 Å². The third-order valence-corrected chi connectivity index (χ3v) is 3.26. The van der Waals surface area contributed by atoms with Gasteiger partial charge in [-0.05, 0) is 28.7 Å². The smallest absolute Gasteiger partial charge is 0.269 e. The summed E-state index contributed by atoms with van der Waals surface area (Å²) in [5.41, 5.74) is 5.36. The number of carbonyl (C=O) groups excluding carboxylic acids is 1. The van der Waals surface area contributed by atoms with Crippen molar-refractivity contribution in [1.82, 2.24) is 5.48 Å². The highest BCUT2D eigenvalue weighted by Gasteiger charge is 2.14. The van der Waals surface area contributed by atoms with Crippen LogP contribution in [0.15, 0.2) is 54.6 Å². The summed E-state index contributed by atoms with van der Waals surface area (Å²) < 4.78 is 0. The molecule has 0 aliphatic carbocycles. The Labute approximate surface area is 125 Å². The Morgan fingerprint density at radius 3 is 2.19 bits per heavy atom. The van der Waals surface area contributed by atoms with Gasteiger partial charge in [-0.15, -0.1) is 0 Å². The van der Waals surface area contributed by atoms with E-state index in [1.807, 2.05) is 54.6 Å². The third-order valence-electron chi connectivity index (χ3n) is 3.26. The van der Waals surface area contributed by atoms with Crippen LogP contribution in [0.4, 0.5) is 0 Å². The molecule has 0 heterocycles. The van der Waals surface area contributed by atoms with Crippen molar-refractivity contribution in [2.45, 2.75) is 32.8 Å². The number of hydroxylamine groups is 1. The number of hydrogen-bond acceptors (Lipinski definition) is 2. The van der Waals surface area contributed by atoms with Gasteiger partial charge in [-0.1, -0.05) is 63.2 Å². The molecule has 0 atom stereocenters. The quantitative estimate of drug-likeness (QED) is 0.866. The molecule has 2 aromatic carbocycles. The first-order valence-corrected chi connectivity index (χ1v) is 7.03. The SMILES string of the molecule is CC(C)(C)c1ccc(C(=O)NOCc2ccccc2)cc1. The first-order valence-electron chi connectivity index (χ1n) is 7.03. The number of hydrogen-bond donors (Lipinski definition) is 1. The van der Waals surface area contributed by atoms with Crippen molar-refractivity contribution in [2.75, 3.05) is 0 Å². The number of rotatable bonds is 4. The van der Waals surface area contributed by atoms with Gasteiger partial charge in [-0.25, -0.2) is 5.48 Å². The molecule has 0 saturated carbocycles. The Morgan fingerprint density at radius 1 is 1.00 bits per heavy atom. The van der Waals surface area contributed by atoms with Gasteiger partial charge in [-0.3, -0.25) is 9.63 Å². The molecular formula is C18H21NO2. The van der Waals surface area contributed by atoms with E-state index >= 15 is 0 Å². The Hall–Kier alpha value is -2.13. The molecule has 21 heavy (non-hydrogen) atoms. The summed E-state index contributed by atoms with van der Waals surface area (Å²) in [6.07, 6.45) is 0. The first-order chi connectivity index (χ1) is 9.97. The molecule has 0 fully saturated rings. The van der Waals surface area contributed by atoms with Gasteiger partial charge in [-0.2, -0.15) is 0 Å². The van der Waals surface area contributed by atoms with Crippen LogP contribution in [0, 0.1) is 0 Å². The van der Waals surface area contributed by atoms with Crippen LogP contribution in [0.25, 0.3) is 0 Å². The van der Waals surface area contributed by atoms with E-state index in [0.29, 0.717) is 12.2 Å². The van der Waals surface area contributed by atoms with E-state index < -0.39 is 0 Å². The maximum atomic E-state index is 12.0. The van der Waals surface area contributed by atoms with Crippen molar-refractivity contribution >= 4 is 5.91 Å². The van der Waals surface area contributed by atoms with E-state index in [1.165, 1.54) is 5.56 Å². The van der Waals surface area contributed by atoms with Gasteiger partial charge in [0, 0.05) is 5.56 Å². The highest BCUT2D eigenvalue weighted by Crippen LogP contribution is 2.22. The van der Waals surface area contributed by atoms with Crippen LogP contribution in [0.1, 0.15) is 42.3 Å². The third kappa shape index (κ3) is 4.43. The summed E-state index contributed by atoms with van der Waals surface area (Å²) in [5.74, 6) is -0.230. The highest BCUT2D eigenvalue weighted by molar-refractivity contribution is 5.93. The predicted octanol–water partition coefficient (Wildman–Crippen LogP) is 3.85. The normalized spacial score (nSPS) is 11.2. The van der Waals surface area contributed by atoms with Crippen LogP contribution in [0.5, 0.6) is 0 Å². The maximum absolute atomic E-state index is 12.0. The lowest BCUT2D eigenvalue weighted by molar-refractivity contribution is 0.0233. The summed E-state index contributed by atoms with van der Waals surface area (Å²) in [7, 11) is 0. The molecule has 0 spiro atoms. The molecule has 0 aromatic heterocycles. The van der Waals surface area contributed by atoms with Crippen molar-refractivity contribution in [3.8, 4) is 0 Å². The Morgan fingerprint density at radius 2 is 1.62 bits per heavy atom. The molecule has 0 unspecified atom stereocenters. The van der Waals surface area contributed by atoms with Gasteiger partial charge in [0.1, 0.15) is 0 Å². The summed E-state index contributed by atoms with van der Waals surface area (Å²) in [5, 5.41) is 0. The monoisotopic (exact) mass is 283 g/mol. The standard InChI is InChI=1S/C18H21NO2/c1-18(2,3)16-11-9-15(10-12-16)17(20)19-21-13-14-7-5-4-6-8-14/h4-12H,13H2,1-3H3,(H,19,20). The van der Waals surface area contributed by atoms with Crippen LogP contribution >= 0.6 is 0 Å². The summed E-state index contributed by atoms with van der Waals surface area (Å²) >= 11 is 0. The molecule has 1 N–H and O–H groups in total. The lowest BCUT2D eigenvalue weighted by Crippen LogP contribution is -2.23. The molecule has 1 amide bonds. The van der Waals surface area contributed by atoms with Gasteiger partial charge in [0.15, 0.2) is 0 Å². The molecule has 0 bridgehead atoms. The minimum absolute atomic E-state index is 0.0822. The molecule has 0 aliphatic heterocycles. The van der Waals surface area contributed by atoms with Crippen molar-refractivity contribution in [2.24, 2.45) is 0 Å². The Bertz CT molecular complexity index is 583. The molecule has 3 heteroatoms. The zero-order valence-corrected chi connectivity index (χ0v) is 12.7. The maximum Gasteiger partial charge on any atom is 0.274 e. The van der Waals surface area contributed by atoms with E-state index in [1.54, 1.807) is 0 Å². The number of benzene rings is 2. The lowest BCUT2D eigenvalue weighted by atomic mass is 9.87. The number of nitrogens with one attached hydrogen (secondary N) is 1. The molecular weight excluding hydrogens is 262 g/mol. The van der Waals surface area contributed by atoms with Crippen LogP contribution < -0.4 is 5.48 Å². The zero-order chi connectivity index (χ0) is 15.3. The first kappa shape index (κ1) is 15.3. The van der Waals surface area contributed by atoms with Crippen molar-refractivity contribution in [3.05, 3.63) is 71.3 Å². The molecule has 2 aromatic rings. The molecule has 0 radical (unpaired) electrons. The van der Waals surface area contributed by atoms with Crippen molar-refractivity contribution < 1.29 is 9.63 Å². The van der Waals surface area contributed by atoms with Gasteiger partial charge in [0.2, 0.25) is 0 Å². The largest absolute Gasteiger partial charge is 0.274 e. The topological polar surface area (TPSA) is 38.3 Å².